The maximum Gasteiger partial charge on any atom is 0.255 e. The highest BCUT2D eigenvalue weighted by molar-refractivity contribution is 6.04. The van der Waals surface area contributed by atoms with Gasteiger partial charge < -0.3 is 14.8 Å². The molecule has 0 bridgehead atoms. The Hall–Kier alpha value is -3.08. The molecule has 3 aromatic rings. The van der Waals surface area contributed by atoms with E-state index in [0.29, 0.717) is 12.1 Å². The largest absolute Gasteiger partial charge is 0.371 e. The molecular formula is C23H26N4O. The topological polar surface area (TPSA) is 50.2 Å². The predicted molar refractivity (Wildman–Crippen MR) is 113 cm³/mol. The van der Waals surface area contributed by atoms with E-state index in [0.717, 1.165) is 24.3 Å². The van der Waals surface area contributed by atoms with Gasteiger partial charge in [0, 0.05) is 49.0 Å². The molecular weight excluding hydrogens is 348 g/mol. The Morgan fingerprint density at radius 1 is 1.00 bits per heavy atom. The van der Waals surface area contributed by atoms with Gasteiger partial charge in [-0.1, -0.05) is 31.0 Å². The fourth-order valence-corrected chi connectivity index (χ4v) is 3.71. The van der Waals surface area contributed by atoms with Gasteiger partial charge in [0.2, 0.25) is 0 Å². The molecule has 2 heterocycles. The highest BCUT2D eigenvalue weighted by atomic mass is 16.1. The van der Waals surface area contributed by atoms with E-state index in [4.69, 9.17) is 0 Å². The number of hydrogen-bond acceptors (Lipinski definition) is 3. The molecule has 1 amide bonds. The van der Waals surface area contributed by atoms with Gasteiger partial charge >= 0.3 is 0 Å². The molecule has 0 saturated carbocycles. The van der Waals surface area contributed by atoms with E-state index in [2.05, 4.69) is 27.3 Å². The fraction of sp³-hybridized carbons (Fsp3) is 0.304. The van der Waals surface area contributed by atoms with E-state index >= 15 is 0 Å². The average Bonchev–Trinajstić information content (AvgIpc) is 3.07. The van der Waals surface area contributed by atoms with Crippen molar-refractivity contribution in [3.8, 4) is 0 Å². The van der Waals surface area contributed by atoms with Crippen LogP contribution in [0.15, 0.2) is 67.3 Å². The SMILES string of the molecule is O=C(Nc1cccc(N2CCCCCC2)c1)c1cccc(Cn2ccnc2)c1. The Labute approximate surface area is 166 Å². The van der Waals surface area contributed by atoms with Gasteiger partial charge in [0.15, 0.2) is 0 Å². The van der Waals surface area contributed by atoms with Crippen molar-refractivity contribution in [1.82, 2.24) is 9.55 Å². The van der Waals surface area contributed by atoms with Crippen LogP contribution in [0.1, 0.15) is 41.6 Å². The number of carbonyl (C=O) groups is 1. The van der Waals surface area contributed by atoms with Crippen molar-refractivity contribution in [2.45, 2.75) is 32.2 Å². The summed E-state index contributed by atoms with van der Waals surface area (Å²) < 4.78 is 1.99. The van der Waals surface area contributed by atoms with Crippen molar-refractivity contribution >= 4 is 17.3 Å². The molecule has 5 nitrogen and oxygen atoms in total. The predicted octanol–water partition coefficient (Wildman–Crippen LogP) is 4.56. The monoisotopic (exact) mass is 374 g/mol. The molecule has 2 aromatic carbocycles. The van der Waals surface area contributed by atoms with Crippen LogP contribution in [0, 0.1) is 0 Å². The number of anilines is 2. The standard InChI is InChI=1S/C23H26N4O/c28-23(20-8-5-7-19(15-20)17-26-14-11-24-18-26)25-21-9-6-10-22(16-21)27-12-3-1-2-4-13-27/h5-11,14-16,18H,1-4,12-13,17H2,(H,25,28). The number of nitrogens with one attached hydrogen (secondary N) is 1. The van der Waals surface area contributed by atoms with E-state index in [1.165, 1.54) is 31.4 Å². The van der Waals surface area contributed by atoms with Crippen molar-refractivity contribution in [3.05, 3.63) is 78.4 Å². The lowest BCUT2D eigenvalue weighted by Crippen LogP contribution is -2.24. The third-order valence-corrected chi connectivity index (χ3v) is 5.19. The highest BCUT2D eigenvalue weighted by Gasteiger charge is 2.12. The quantitative estimate of drug-likeness (QED) is 0.712. The third-order valence-electron chi connectivity index (χ3n) is 5.19. The number of aromatic nitrogens is 2. The number of rotatable bonds is 5. The van der Waals surface area contributed by atoms with Crippen LogP contribution in [-0.4, -0.2) is 28.5 Å². The van der Waals surface area contributed by atoms with Crippen LogP contribution in [-0.2, 0) is 6.54 Å². The Morgan fingerprint density at radius 2 is 1.82 bits per heavy atom. The van der Waals surface area contributed by atoms with Crippen LogP contribution in [0.25, 0.3) is 0 Å². The minimum Gasteiger partial charge on any atom is -0.371 e. The summed E-state index contributed by atoms with van der Waals surface area (Å²) in [5.74, 6) is -0.0829. The van der Waals surface area contributed by atoms with Crippen LogP contribution in [0.5, 0.6) is 0 Å². The van der Waals surface area contributed by atoms with Gasteiger partial charge in [-0.05, 0) is 48.7 Å². The molecule has 144 valence electrons. The molecule has 1 saturated heterocycles. The maximum atomic E-state index is 12.8. The van der Waals surface area contributed by atoms with Crippen LogP contribution < -0.4 is 10.2 Å². The summed E-state index contributed by atoms with van der Waals surface area (Å²) in [4.78, 5) is 19.3. The van der Waals surface area contributed by atoms with Gasteiger partial charge in [-0.3, -0.25) is 4.79 Å². The molecule has 5 heteroatoms. The zero-order valence-corrected chi connectivity index (χ0v) is 16.1. The van der Waals surface area contributed by atoms with Crippen molar-refractivity contribution in [3.63, 3.8) is 0 Å². The zero-order valence-electron chi connectivity index (χ0n) is 16.1. The third kappa shape index (κ3) is 4.60. The summed E-state index contributed by atoms with van der Waals surface area (Å²) in [7, 11) is 0. The molecule has 1 N–H and O–H groups in total. The number of carbonyl (C=O) groups excluding carboxylic acids is 1. The summed E-state index contributed by atoms with van der Waals surface area (Å²) in [5, 5.41) is 3.05. The van der Waals surface area contributed by atoms with Gasteiger partial charge in [0.1, 0.15) is 0 Å². The Kier molecular flexibility index (Phi) is 5.71. The summed E-state index contributed by atoms with van der Waals surface area (Å²) >= 11 is 0. The second-order valence-electron chi connectivity index (χ2n) is 7.34. The van der Waals surface area contributed by atoms with Gasteiger partial charge in [-0.25, -0.2) is 4.98 Å². The molecule has 1 aliphatic rings. The van der Waals surface area contributed by atoms with Crippen LogP contribution >= 0.6 is 0 Å². The van der Waals surface area contributed by atoms with Gasteiger partial charge in [0.05, 0.1) is 6.33 Å². The smallest absolute Gasteiger partial charge is 0.255 e. The molecule has 28 heavy (non-hydrogen) atoms. The summed E-state index contributed by atoms with van der Waals surface area (Å²) in [5.41, 5.74) is 3.77. The molecule has 1 fully saturated rings. The Morgan fingerprint density at radius 3 is 2.61 bits per heavy atom. The lowest BCUT2D eigenvalue weighted by atomic mass is 10.1. The number of benzene rings is 2. The summed E-state index contributed by atoms with van der Waals surface area (Å²) in [6.07, 6.45) is 10.5. The first-order valence-electron chi connectivity index (χ1n) is 9.99. The average molecular weight is 374 g/mol. The van der Waals surface area contributed by atoms with E-state index in [1.807, 2.05) is 47.2 Å². The van der Waals surface area contributed by atoms with Crippen LogP contribution in [0.3, 0.4) is 0 Å². The minimum absolute atomic E-state index is 0.0829. The lowest BCUT2D eigenvalue weighted by molar-refractivity contribution is 0.102. The van der Waals surface area contributed by atoms with E-state index in [-0.39, 0.29) is 5.91 Å². The zero-order chi connectivity index (χ0) is 19.2. The van der Waals surface area contributed by atoms with E-state index < -0.39 is 0 Å². The maximum absolute atomic E-state index is 12.8. The lowest BCUT2D eigenvalue weighted by Gasteiger charge is -2.23. The minimum atomic E-state index is -0.0829. The number of imidazole rings is 1. The van der Waals surface area contributed by atoms with Crippen molar-refractivity contribution < 1.29 is 4.79 Å². The highest BCUT2D eigenvalue weighted by Crippen LogP contribution is 2.23. The van der Waals surface area contributed by atoms with Gasteiger partial charge in [0.25, 0.3) is 5.91 Å². The molecule has 0 unspecified atom stereocenters. The number of nitrogens with zero attached hydrogens (tertiary/aromatic N) is 3. The molecule has 0 aliphatic carbocycles. The second-order valence-corrected chi connectivity index (χ2v) is 7.34. The fourth-order valence-electron chi connectivity index (χ4n) is 3.71. The molecule has 1 aliphatic heterocycles. The first-order valence-corrected chi connectivity index (χ1v) is 9.99. The van der Waals surface area contributed by atoms with E-state index in [1.54, 1.807) is 12.5 Å². The van der Waals surface area contributed by atoms with Crippen molar-refractivity contribution in [2.75, 3.05) is 23.3 Å². The molecule has 0 spiro atoms. The summed E-state index contributed by atoms with van der Waals surface area (Å²) in [6.45, 7) is 2.88. The van der Waals surface area contributed by atoms with Crippen molar-refractivity contribution in [1.29, 1.82) is 0 Å². The Bertz CT molecular complexity index is 912. The van der Waals surface area contributed by atoms with Crippen LogP contribution in [0.4, 0.5) is 11.4 Å². The van der Waals surface area contributed by atoms with Crippen LogP contribution in [0.2, 0.25) is 0 Å². The Balaban J connectivity index is 1.45. The molecule has 0 radical (unpaired) electrons. The number of amides is 1. The molecule has 1 aromatic heterocycles. The second kappa shape index (κ2) is 8.74. The first-order chi connectivity index (χ1) is 13.8. The van der Waals surface area contributed by atoms with Gasteiger partial charge in [-0.15, -0.1) is 0 Å². The first kappa shape index (κ1) is 18.3. The van der Waals surface area contributed by atoms with Gasteiger partial charge in [-0.2, -0.15) is 0 Å². The van der Waals surface area contributed by atoms with Crippen molar-refractivity contribution in [2.24, 2.45) is 0 Å². The summed E-state index contributed by atoms with van der Waals surface area (Å²) in [6, 6.07) is 15.9. The molecule has 0 atom stereocenters. The van der Waals surface area contributed by atoms with E-state index in [9.17, 15) is 4.79 Å². The molecule has 4 rings (SSSR count). The normalized spacial score (nSPS) is 14.5. The number of hydrogen-bond donors (Lipinski definition) is 1.